The molecule has 0 aromatic carbocycles. The maximum atomic E-state index is 11.7. The molecule has 1 unspecified atom stereocenters. The van der Waals surface area contributed by atoms with E-state index in [1.54, 1.807) is 0 Å². The van der Waals surface area contributed by atoms with Crippen LogP contribution in [0.5, 0.6) is 0 Å². The highest BCUT2D eigenvalue weighted by atomic mass is 19.4. The first kappa shape index (κ1) is 14.1. The molecule has 4 nitrogen and oxygen atoms in total. The number of halogens is 3. The lowest BCUT2D eigenvalue weighted by atomic mass is 10.3. The van der Waals surface area contributed by atoms with Crippen LogP contribution < -0.4 is 5.32 Å². The molecular weight excluding hydrogens is 237 g/mol. The molecule has 1 fully saturated rings. The number of nitrogens with zero attached hydrogens (tertiary/aromatic N) is 1. The molecule has 1 atom stereocenters. The largest absolute Gasteiger partial charge is 0.440 e. The van der Waals surface area contributed by atoms with E-state index < -0.39 is 18.9 Å². The number of carbonyl (C=O) groups excluding carboxylic acids is 1. The molecule has 17 heavy (non-hydrogen) atoms. The van der Waals surface area contributed by atoms with Crippen molar-refractivity contribution in [3.05, 3.63) is 0 Å². The van der Waals surface area contributed by atoms with Crippen molar-refractivity contribution in [2.24, 2.45) is 0 Å². The van der Waals surface area contributed by atoms with Gasteiger partial charge in [0.25, 0.3) is 0 Å². The Morgan fingerprint density at radius 3 is 2.53 bits per heavy atom. The van der Waals surface area contributed by atoms with Crippen LogP contribution in [0.15, 0.2) is 0 Å². The zero-order valence-electron chi connectivity index (χ0n) is 9.72. The summed E-state index contributed by atoms with van der Waals surface area (Å²) in [7, 11) is 0. The molecule has 0 aromatic heterocycles. The van der Waals surface area contributed by atoms with Crippen LogP contribution in [0.4, 0.5) is 18.0 Å². The summed E-state index contributed by atoms with van der Waals surface area (Å²) in [4.78, 5) is 13.1. The topological polar surface area (TPSA) is 41.6 Å². The molecule has 1 amide bonds. The molecule has 0 saturated carbocycles. The van der Waals surface area contributed by atoms with Crippen LogP contribution in [0.2, 0.25) is 0 Å². The number of amides is 1. The summed E-state index contributed by atoms with van der Waals surface area (Å²) >= 11 is 0. The highest BCUT2D eigenvalue weighted by Crippen LogP contribution is 2.14. The number of hydrogen-bond acceptors (Lipinski definition) is 3. The number of carbonyl (C=O) groups is 1. The molecule has 100 valence electrons. The van der Waals surface area contributed by atoms with Gasteiger partial charge in [-0.2, -0.15) is 13.2 Å². The van der Waals surface area contributed by atoms with Crippen molar-refractivity contribution in [1.29, 1.82) is 0 Å². The maximum absolute atomic E-state index is 11.7. The number of alkyl carbamates (subject to hydrolysis) is 1. The Morgan fingerprint density at radius 1 is 1.41 bits per heavy atom. The summed E-state index contributed by atoms with van der Waals surface area (Å²) in [6.45, 7) is 2.63. The second-order valence-electron chi connectivity index (χ2n) is 4.16. The van der Waals surface area contributed by atoms with Gasteiger partial charge in [-0.25, -0.2) is 4.79 Å². The van der Waals surface area contributed by atoms with Crippen LogP contribution in [0.3, 0.4) is 0 Å². The Morgan fingerprint density at radius 2 is 2.00 bits per heavy atom. The van der Waals surface area contributed by atoms with Gasteiger partial charge in [-0.05, 0) is 32.9 Å². The summed E-state index contributed by atoms with van der Waals surface area (Å²) < 4.78 is 39.3. The van der Waals surface area contributed by atoms with Gasteiger partial charge >= 0.3 is 12.3 Å². The van der Waals surface area contributed by atoms with E-state index in [1.165, 1.54) is 0 Å². The zero-order valence-corrected chi connectivity index (χ0v) is 9.72. The van der Waals surface area contributed by atoms with Gasteiger partial charge in [0.2, 0.25) is 0 Å². The van der Waals surface area contributed by atoms with E-state index in [4.69, 9.17) is 0 Å². The van der Waals surface area contributed by atoms with Gasteiger partial charge in [-0.15, -0.1) is 0 Å². The lowest BCUT2D eigenvalue weighted by molar-refractivity contribution is -0.160. The van der Waals surface area contributed by atoms with Crippen LogP contribution >= 0.6 is 0 Å². The van der Waals surface area contributed by atoms with E-state index in [9.17, 15) is 18.0 Å². The predicted molar refractivity (Wildman–Crippen MR) is 55.7 cm³/mol. The van der Waals surface area contributed by atoms with Crippen molar-refractivity contribution < 1.29 is 22.7 Å². The fourth-order valence-corrected chi connectivity index (χ4v) is 1.74. The molecule has 0 bridgehead atoms. The van der Waals surface area contributed by atoms with Gasteiger partial charge in [0.1, 0.15) is 0 Å². The Kier molecular flexibility index (Phi) is 5.04. The molecular formula is C10H17F3N2O2. The molecule has 1 saturated heterocycles. The van der Waals surface area contributed by atoms with E-state index in [2.05, 4.69) is 15.0 Å². The van der Waals surface area contributed by atoms with Gasteiger partial charge in [0.15, 0.2) is 6.61 Å². The standard InChI is InChI=1S/C10H17F3N2O2/c1-8(15-4-2-3-5-15)6-14-9(16)17-7-10(11,12)13/h8H,2-7H2,1H3,(H,14,16). The first-order chi connectivity index (χ1) is 7.88. The van der Waals surface area contributed by atoms with Crippen molar-refractivity contribution >= 4 is 6.09 Å². The molecule has 1 aliphatic heterocycles. The monoisotopic (exact) mass is 254 g/mol. The molecule has 0 spiro atoms. The Labute approximate surface area is 98.1 Å². The van der Waals surface area contributed by atoms with Crippen molar-refractivity contribution in [2.45, 2.75) is 32.0 Å². The Balaban J connectivity index is 2.14. The van der Waals surface area contributed by atoms with Crippen molar-refractivity contribution in [1.82, 2.24) is 10.2 Å². The summed E-state index contributed by atoms with van der Waals surface area (Å²) in [5.74, 6) is 0. The average Bonchev–Trinajstić information content (AvgIpc) is 2.75. The summed E-state index contributed by atoms with van der Waals surface area (Å²) in [6.07, 6.45) is -3.24. The minimum atomic E-state index is -4.47. The van der Waals surface area contributed by atoms with Gasteiger partial charge < -0.3 is 10.1 Å². The summed E-state index contributed by atoms with van der Waals surface area (Å²) in [5.41, 5.74) is 0. The van der Waals surface area contributed by atoms with Crippen LogP contribution in [0.1, 0.15) is 19.8 Å². The molecule has 0 aromatic rings. The molecule has 0 radical (unpaired) electrons. The maximum Gasteiger partial charge on any atom is 0.422 e. The smallest absolute Gasteiger partial charge is 0.422 e. The molecule has 1 rings (SSSR count). The molecule has 0 aliphatic carbocycles. The number of hydrogen-bond donors (Lipinski definition) is 1. The number of nitrogens with one attached hydrogen (secondary N) is 1. The first-order valence-corrected chi connectivity index (χ1v) is 5.60. The van der Waals surface area contributed by atoms with E-state index in [0.717, 1.165) is 25.9 Å². The molecule has 1 aliphatic rings. The van der Waals surface area contributed by atoms with Gasteiger partial charge in [-0.1, -0.05) is 0 Å². The molecule has 1 N–H and O–H groups in total. The minimum absolute atomic E-state index is 0.121. The summed E-state index contributed by atoms with van der Waals surface area (Å²) in [6, 6.07) is 0.121. The third-order valence-corrected chi connectivity index (χ3v) is 2.67. The van der Waals surface area contributed by atoms with Crippen molar-refractivity contribution in [2.75, 3.05) is 26.2 Å². The Bertz CT molecular complexity index is 252. The van der Waals surface area contributed by atoms with Crippen LogP contribution in [-0.2, 0) is 4.74 Å². The van der Waals surface area contributed by atoms with Crippen LogP contribution in [0.25, 0.3) is 0 Å². The fraction of sp³-hybridized carbons (Fsp3) is 0.900. The zero-order chi connectivity index (χ0) is 12.9. The second kappa shape index (κ2) is 6.09. The molecule has 1 heterocycles. The second-order valence-corrected chi connectivity index (χ2v) is 4.16. The van der Waals surface area contributed by atoms with Crippen LogP contribution in [-0.4, -0.2) is 49.5 Å². The first-order valence-electron chi connectivity index (χ1n) is 5.60. The summed E-state index contributed by atoms with van der Waals surface area (Å²) in [5, 5.41) is 2.33. The van der Waals surface area contributed by atoms with Gasteiger partial charge in [0, 0.05) is 12.6 Å². The highest BCUT2D eigenvalue weighted by molar-refractivity contribution is 5.67. The fourth-order valence-electron chi connectivity index (χ4n) is 1.74. The molecule has 7 heteroatoms. The van der Waals surface area contributed by atoms with Crippen molar-refractivity contribution in [3.63, 3.8) is 0 Å². The SMILES string of the molecule is CC(CNC(=O)OCC(F)(F)F)N1CCCC1. The minimum Gasteiger partial charge on any atom is -0.440 e. The lowest BCUT2D eigenvalue weighted by Crippen LogP contribution is -2.41. The third kappa shape index (κ3) is 5.76. The number of rotatable bonds is 4. The normalized spacial score (nSPS) is 19.1. The quantitative estimate of drug-likeness (QED) is 0.831. The van der Waals surface area contributed by atoms with E-state index in [0.29, 0.717) is 6.54 Å². The highest BCUT2D eigenvalue weighted by Gasteiger charge is 2.29. The van der Waals surface area contributed by atoms with E-state index in [-0.39, 0.29) is 6.04 Å². The van der Waals surface area contributed by atoms with Crippen LogP contribution in [0, 0.1) is 0 Å². The third-order valence-electron chi connectivity index (χ3n) is 2.67. The Hall–Kier alpha value is -0.980. The predicted octanol–water partition coefficient (Wildman–Crippen LogP) is 1.76. The number of likely N-dealkylation sites (tertiary alicyclic amines) is 1. The van der Waals surface area contributed by atoms with Gasteiger partial charge in [-0.3, -0.25) is 4.90 Å². The number of alkyl halides is 3. The van der Waals surface area contributed by atoms with Crippen molar-refractivity contribution in [3.8, 4) is 0 Å². The average molecular weight is 254 g/mol. The lowest BCUT2D eigenvalue weighted by Gasteiger charge is -2.23. The van der Waals surface area contributed by atoms with Gasteiger partial charge in [0.05, 0.1) is 0 Å². The number of ether oxygens (including phenoxy) is 1. The van der Waals surface area contributed by atoms with E-state index in [1.807, 2.05) is 6.92 Å². The van der Waals surface area contributed by atoms with E-state index >= 15 is 0 Å².